The summed E-state index contributed by atoms with van der Waals surface area (Å²) in [6.07, 6.45) is -2.37. The Morgan fingerprint density at radius 2 is 2.13 bits per heavy atom. The molecule has 5 rings (SSSR count). The van der Waals surface area contributed by atoms with Gasteiger partial charge in [-0.25, -0.2) is 9.76 Å². The van der Waals surface area contributed by atoms with E-state index in [1.165, 1.54) is 12.1 Å². The molecule has 1 aromatic heterocycles. The van der Waals surface area contributed by atoms with Crippen molar-refractivity contribution >= 4 is 35.2 Å². The molecule has 2 atom stereocenters. The summed E-state index contributed by atoms with van der Waals surface area (Å²) < 4.78 is 46.8. The van der Waals surface area contributed by atoms with E-state index in [1.54, 1.807) is 10.3 Å². The lowest BCUT2D eigenvalue weighted by Gasteiger charge is -2.45. The first-order valence-electron chi connectivity index (χ1n) is 9.26. The molecule has 30 heavy (non-hydrogen) atoms. The highest BCUT2D eigenvalue weighted by Gasteiger charge is 2.44. The van der Waals surface area contributed by atoms with E-state index >= 15 is 0 Å². The molecular formula is C18H15ClF3N5O2S. The number of hydrogen-bond acceptors (Lipinski definition) is 6. The van der Waals surface area contributed by atoms with E-state index < -0.39 is 22.7 Å². The van der Waals surface area contributed by atoms with E-state index in [2.05, 4.69) is 15.7 Å². The Balaban J connectivity index is 1.53. The molecule has 1 amide bonds. The van der Waals surface area contributed by atoms with Gasteiger partial charge in [-0.05, 0) is 31.4 Å². The highest BCUT2D eigenvalue weighted by atomic mass is 35.5. The number of carbonyl (C=O) groups excluding carboxylic acids is 1. The third-order valence-electron chi connectivity index (χ3n) is 5.59. The van der Waals surface area contributed by atoms with Crippen molar-refractivity contribution in [2.75, 3.05) is 0 Å². The Morgan fingerprint density at radius 3 is 2.87 bits per heavy atom. The average Bonchev–Trinajstić information content (AvgIpc) is 3.35. The third-order valence-corrected chi connectivity index (χ3v) is 6.51. The van der Waals surface area contributed by atoms with E-state index in [0.717, 1.165) is 31.0 Å². The summed E-state index contributed by atoms with van der Waals surface area (Å²) in [4.78, 5) is 15.0. The molecule has 0 aliphatic carbocycles. The second kappa shape index (κ2) is 7.17. The number of amides is 1. The Kier molecular flexibility index (Phi) is 4.71. The van der Waals surface area contributed by atoms with Gasteiger partial charge >= 0.3 is 6.18 Å². The van der Waals surface area contributed by atoms with Crippen LogP contribution >= 0.6 is 23.6 Å². The molecule has 0 spiro atoms. The predicted molar refractivity (Wildman–Crippen MR) is 103 cm³/mol. The number of fused-ring (bicyclic) bond motifs is 4. The van der Waals surface area contributed by atoms with Crippen LogP contribution in [0.25, 0.3) is 5.70 Å². The van der Waals surface area contributed by atoms with Crippen molar-refractivity contribution in [2.45, 2.75) is 44.1 Å². The molecule has 0 saturated carbocycles. The highest BCUT2D eigenvalue weighted by molar-refractivity contribution is 7.98. The second-order valence-electron chi connectivity index (χ2n) is 7.28. The van der Waals surface area contributed by atoms with Crippen LogP contribution in [-0.4, -0.2) is 31.6 Å². The summed E-state index contributed by atoms with van der Waals surface area (Å²) in [7, 11) is 0. The van der Waals surface area contributed by atoms with Gasteiger partial charge in [0.25, 0.3) is 5.91 Å². The first-order valence-corrected chi connectivity index (χ1v) is 10.4. The number of aromatic nitrogens is 3. The van der Waals surface area contributed by atoms with Crippen LogP contribution in [0.15, 0.2) is 23.6 Å². The molecule has 1 N–H and O–H groups in total. The van der Waals surface area contributed by atoms with Crippen molar-refractivity contribution < 1.29 is 22.2 Å². The SMILES string of the molecule is O=C(c1cccc(C(F)(F)F)c1Cl)N1C2CCCC1c1nnc(C3=CSON3)n1C2. The van der Waals surface area contributed by atoms with Crippen molar-refractivity contribution in [3.63, 3.8) is 0 Å². The molecule has 7 nitrogen and oxygen atoms in total. The molecule has 2 aromatic rings. The molecule has 3 aliphatic heterocycles. The van der Waals surface area contributed by atoms with E-state index in [1.807, 2.05) is 4.57 Å². The first kappa shape index (κ1) is 19.7. The zero-order valence-electron chi connectivity index (χ0n) is 15.3. The van der Waals surface area contributed by atoms with Gasteiger partial charge in [0.05, 0.1) is 40.3 Å². The summed E-state index contributed by atoms with van der Waals surface area (Å²) >= 11 is 7.16. The average molecular weight is 458 g/mol. The third kappa shape index (κ3) is 3.07. The molecule has 2 unspecified atom stereocenters. The lowest BCUT2D eigenvalue weighted by atomic mass is 9.90. The number of hydroxylamine groups is 1. The van der Waals surface area contributed by atoms with Gasteiger partial charge in [0.1, 0.15) is 5.70 Å². The van der Waals surface area contributed by atoms with Crippen LogP contribution in [0.5, 0.6) is 0 Å². The maximum absolute atomic E-state index is 13.4. The Labute approximate surface area is 178 Å². The number of piperidine rings is 1. The van der Waals surface area contributed by atoms with Crippen molar-refractivity contribution in [1.82, 2.24) is 25.1 Å². The number of nitrogens with one attached hydrogen (secondary N) is 1. The molecule has 1 fully saturated rings. The number of rotatable bonds is 2. The first-order chi connectivity index (χ1) is 14.4. The monoisotopic (exact) mass is 457 g/mol. The van der Waals surface area contributed by atoms with Gasteiger partial charge in [-0.15, -0.1) is 10.2 Å². The lowest BCUT2D eigenvalue weighted by molar-refractivity contribution is -0.137. The molecule has 12 heteroatoms. The summed E-state index contributed by atoms with van der Waals surface area (Å²) in [5.74, 6) is 0.696. The van der Waals surface area contributed by atoms with Crippen molar-refractivity contribution in [3.8, 4) is 0 Å². The van der Waals surface area contributed by atoms with Gasteiger partial charge in [-0.2, -0.15) is 13.2 Å². The van der Waals surface area contributed by atoms with Crippen LogP contribution in [0.3, 0.4) is 0 Å². The number of hydrogen-bond donors (Lipinski definition) is 1. The van der Waals surface area contributed by atoms with Crippen LogP contribution in [0.1, 0.15) is 52.9 Å². The number of carbonyl (C=O) groups is 1. The van der Waals surface area contributed by atoms with Crippen LogP contribution in [0, 0.1) is 0 Å². The minimum absolute atomic E-state index is 0.151. The number of halogens is 4. The van der Waals surface area contributed by atoms with E-state index in [4.69, 9.17) is 15.9 Å². The quantitative estimate of drug-likeness (QED) is 0.682. The maximum Gasteiger partial charge on any atom is 0.417 e. The summed E-state index contributed by atoms with van der Waals surface area (Å²) in [5.41, 5.74) is 2.27. The van der Waals surface area contributed by atoms with Crippen molar-refractivity contribution in [1.29, 1.82) is 0 Å². The zero-order chi connectivity index (χ0) is 21.0. The van der Waals surface area contributed by atoms with Gasteiger partial charge < -0.3 is 9.47 Å². The molecule has 158 valence electrons. The molecule has 1 aromatic carbocycles. The van der Waals surface area contributed by atoms with E-state index in [9.17, 15) is 18.0 Å². The zero-order valence-corrected chi connectivity index (χ0v) is 16.9. The van der Waals surface area contributed by atoms with Gasteiger partial charge in [0.15, 0.2) is 11.6 Å². The second-order valence-corrected chi connectivity index (χ2v) is 8.26. The standard InChI is InChI=1S/C18H15ClF3N5O2S/c19-14-10(4-2-5-11(14)18(20,21)22)17(28)27-9-3-1-6-13(27)16-24-23-15(26(16)7-9)12-8-30-29-25-12/h2,4-5,8-9,13,25H,1,3,6-7H2. The van der Waals surface area contributed by atoms with Gasteiger partial charge in [0.2, 0.25) is 0 Å². The normalized spacial score (nSPS) is 23.1. The molecular weight excluding hydrogens is 443 g/mol. The smallest absolute Gasteiger partial charge is 0.324 e. The van der Waals surface area contributed by atoms with Crippen molar-refractivity contribution in [2.24, 2.45) is 0 Å². The summed E-state index contributed by atoms with van der Waals surface area (Å²) in [5, 5.41) is 9.73. The Hall–Kier alpha value is -2.24. The van der Waals surface area contributed by atoms with Crippen LogP contribution in [0.4, 0.5) is 13.2 Å². The fourth-order valence-electron chi connectivity index (χ4n) is 4.29. The maximum atomic E-state index is 13.4. The van der Waals surface area contributed by atoms with Crippen LogP contribution in [0.2, 0.25) is 5.02 Å². The fourth-order valence-corrected chi connectivity index (χ4v) is 5.04. The fraction of sp³-hybridized carbons (Fsp3) is 0.389. The van der Waals surface area contributed by atoms with Gasteiger partial charge in [0, 0.05) is 12.0 Å². The minimum Gasteiger partial charge on any atom is -0.324 e. The molecule has 0 radical (unpaired) electrons. The Bertz CT molecular complexity index is 1060. The van der Waals surface area contributed by atoms with E-state index in [-0.39, 0.29) is 17.6 Å². The minimum atomic E-state index is -4.64. The van der Waals surface area contributed by atoms with Crippen molar-refractivity contribution in [3.05, 3.63) is 51.4 Å². The topological polar surface area (TPSA) is 72.3 Å². The van der Waals surface area contributed by atoms with Crippen LogP contribution < -0.4 is 5.48 Å². The molecule has 3 aliphatic rings. The predicted octanol–water partition coefficient (Wildman–Crippen LogP) is 4.18. The molecule has 2 bridgehead atoms. The number of nitrogens with zero attached hydrogens (tertiary/aromatic N) is 4. The van der Waals surface area contributed by atoms with Gasteiger partial charge in [-0.3, -0.25) is 4.79 Å². The molecule has 1 saturated heterocycles. The molecule has 4 heterocycles. The highest BCUT2D eigenvalue weighted by Crippen LogP contribution is 2.42. The van der Waals surface area contributed by atoms with Crippen LogP contribution in [-0.2, 0) is 17.0 Å². The summed E-state index contributed by atoms with van der Waals surface area (Å²) in [6.45, 7) is 0.445. The number of benzene rings is 1. The summed E-state index contributed by atoms with van der Waals surface area (Å²) in [6, 6.07) is 2.84. The van der Waals surface area contributed by atoms with E-state index in [0.29, 0.717) is 30.3 Å². The largest absolute Gasteiger partial charge is 0.417 e. The lowest BCUT2D eigenvalue weighted by Crippen LogP contribution is -2.52. The Morgan fingerprint density at radius 1 is 1.30 bits per heavy atom. The number of alkyl halides is 3. The van der Waals surface area contributed by atoms with Gasteiger partial charge in [-0.1, -0.05) is 17.7 Å².